The lowest BCUT2D eigenvalue weighted by Crippen LogP contribution is -2.39. The molecule has 1 aliphatic carbocycles. The Hall–Kier alpha value is -1.69. The van der Waals surface area contributed by atoms with Crippen LogP contribution in [0.4, 0.5) is 5.82 Å². The van der Waals surface area contributed by atoms with Crippen molar-refractivity contribution < 1.29 is 9.53 Å². The first-order chi connectivity index (χ1) is 11.7. The van der Waals surface area contributed by atoms with Gasteiger partial charge >= 0.3 is 5.97 Å². The molecule has 0 unspecified atom stereocenters. The van der Waals surface area contributed by atoms with E-state index in [0.717, 1.165) is 42.3 Å². The molecule has 0 amide bonds. The second-order valence-electron chi connectivity index (χ2n) is 6.79. The third-order valence-corrected chi connectivity index (χ3v) is 6.35. The summed E-state index contributed by atoms with van der Waals surface area (Å²) in [7, 11) is 1.48. The van der Waals surface area contributed by atoms with Crippen LogP contribution in [0.2, 0.25) is 0 Å². The van der Waals surface area contributed by atoms with Gasteiger partial charge in [0.2, 0.25) is 0 Å². The van der Waals surface area contributed by atoms with Gasteiger partial charge in [0.1, 0.15) is 16.5 Å². The summed E-state index contributed by atoms with van der Waals surface area (Å²) in [6, 6.07) is 0. The number of hydrogen-bond acceptors (Lipinski definition) is 6. The quantitative estimate of drug-likeness (QED) is 0.782. The number of thiophene rings is 1. The van der Waals surface area contributed by atoms with E-state index in [0.29, 0.717) is 6.54 Å². The molecule has 6 heteroatoms. The summed E-state index contributed by atoms with van der Waals surface area (Å²) in [5.41, 5.74) is 1.46. The Morgan fingerprint density at radius 1 is 1.25 bits per heavy atom. The van der Waals surface area contributed by atoms with Crippen molar-refractivity contribution in [3.63, 3.8) is 0 Å². The maximum absolute atomic E-state index is 12.0. The van der Waals surface area contributed by atoms with Gasteiger partial charge in [-0.05, 0) is 51.0 Å². The summed E-state index contributed by atoms with van der Waals surface area (Å²) in [6.07, 6.45) is 6.71. The summed E-state index contributed by atoms with van der Waals surface area (Å²) >= 11 is 1.83. The molecule has 4 rings (SSSR count). The third-order valence-electron chi connectivity index (χ3n) is 5.16. The number of ether oxygens (including phenoxy) is 1. The molecule has 1 aliphatic heterocycles. The molecule has 1 atom stereocenters. The number of carbonyl (C=O) groups excluding carboxylic acids is 1. The fraction of sp³-hybridized carbons (Fsp3) is 0.611. The van der Waals surface area contributed by atoms with Crippen molar-refractivity contribution in [2.45, 2.75) is 45.4 Å². The third kappa shape index (κ3) is 2.66. The smallest absolute Gasteiger partial charge is 0.310 e. The van der Waals surface area contributed by atoms with Gasteiger partial charge in [-0.2, -0.15) is 0 Å². The van der Waals surface area contributed by atoms with Crippen LogP contribution in [0.3, 0.4) is 0 Å². The zero-order valence-corrected chi connectivity index (χ0v) is 15.1. The van der Waals surface area contributed by atoms with E-state index < -0.39 is 0 Å². The van der Waals surface area contributed by atoms with Crippen LogP contribution in [-0.2, 0) is 22.4 Å². The Labute approximate surface area is 146 Å². The van der Waals surface area contributed by atoms with Gasteiger partial charge in [-0.25, -0.2) is 9.97 Å². The highest BCUT2D eigenvalue weighted by Crippen LogP contribution is 2.40. The molecule has 0 N–H and O–H groups in total. The van der Waals surface area contributed by atoms with Crippen LogP contribution in [0.1, 0.15) is 41.9 Å². The van der Waals surface area contributed by atoms with Crippen LogP contribution in [0.5, 0.6) is 0 Å². The van der Waals surface area contributed by atoms with Gasteiger partial charge < -0.3 is 9.64 Å². The van der Waals surface area contributed by atoms with E-state index in [-0.39, 0.29) is 11.9 Å². The molecular formula is C18H23N3O2S. The largest absolute Gasteiger partial charge is 0.469 e. The summed E-state index contributed by atoms with van der Waals surface area (Å²) < 4.78 is 4.96. The van der Waals surface area contributed by atoms with E-state index in [1.165, 1.54) is 42.2 Å². The molecular weight excluding hydrogens is 322 g/mol. The fourth-order valence-corrected chi connectivity index (χ4v) is 5.30. The summed E-state index contributed by atoms with van der Waals surface area (Å²) in [5, 5.41) is 1.24. The van der Waals surface area contributed by atoms with Crippen molar-refractivity contribution in [3.05, 3.63) is 16.3 Å². The van der Waals surface area contributed by atoms with E-state index in [9.17, 15) is 4.79 Å². The first-order valence-corrected chi connectivity index (χ1v) is 9.60. The number of rotatable bonds is 2. The highest BCUT2D eigenvalue weighted by Gasteiger charge is 2.30. The lowest BCUT2D eigenvalue weighted by Gasteiger charge is -2.33. The molecule has 3 heterocycles. The Morgan fingerprint density at radius 3 is 2.92 bits per heavy atom. The molecule has 2 aliphatic rings. The summed E-state index contributed by atoms with van der Waals surface area (Å²) in [5.74, 6) is 1.69. The first kappa shape index (κ1) is 15.8. The van der Waals surface area contributed by atoms with Crippen LogP contribution in [0, 0.1) is 12.8 Å². The average molecular weight is 345 g/mol. The molecule has 1 fully saturated rings. The number of anilines is 1. The van der Waals surface area contributed by atoms with Crippen LogP contribution in [0.15, 0.2) is 0 Å². The minimum absolute atomic E-state index is 0.0523. The number of hydrogen-bond donors (Lipinski definition) is 0. The Bertz CT molecular complexity index is 786. The second-order valence-corrected chi connectivity index (χ2v) is 7.88. The van der Waals surface area contributed by atoms with E-state index in [1.54, 1.807) is 0 Å². The molecule has 24 heavy (non-hydrogen) atoms. The Morgan fingerprint density at radius 2 is 2.08 bits per heavy atom. The van der Waals surface area contributed by atoms with E-state index in [4.69, 9.17) is 14.7 Å². The molecule has 128 valence electrons. The number of methoxy groups -OCH3 is 1. The maximum atomic E-state index is 12.0. The minimum Gasteiger partial charge on any atom is -0.469 e. The van der Waals surface area contributed by atoms with Gasteiger partial charge in [0.25, 0.3) is 0 Å². The summed E-state index contributed by atoms with van der Waals surface area (Å²) in [6.45, 7) is 3.61. The van der Waals surface area contributed by atoms with Crippen molar-refractivity contribution in [1.82, 2.24) is 9.97 Å². The first-order valence-electron chi connectivity index (χ1n) is 8.79. The molecule has 5 nitrogen and oxygen atoms in total. The van der Waals surface area contributed by atoms with Crippen LogP contribution in [-0.4, -0.2) is 36.1 Å². The highest BCUT2D eigenvalue weighted by atomic mass is 32.1. The number of aryl methyl sites for hydroxylation is 3. The molecule has 2 aromatic rings. The Kier molecular flexibility index (Phi) is 4.16. The number of fused-ring (bicyclic) bond motifs is 3. The molecule has 0 spiro atoms. The van der Waals surface area contributed by atoms with Crippen molar-refractivity contribution in [2.75, 3.05) is 25.1 Å². The average Bonchev–Trinajstić information content (AvgIpc) is 2.98. The predicted molar refractivity (Wildman–Crippen MR) is 95.7 cm³/mol. The lowest BCUT2D eigenvalue weighted by molar-refractivity contribution is -0.145. The lowest BCUT2D eigenvalue weighted by atomic mass is 9.95. The number of nitrogens with zero attached hydrogens (tertiary/aromatic N) is 3. The molecule has 0 aromatic carbocycles. The highest BCUT2D eigenvalue weighted by molar-refractivity contribution is 7.19. The number of esters is 1. The van der Waals surface area contributed by atoms with Gasteiger partial charge in [-0.3, -0.25) is 4.79 Å². The van der Waals surface area contributed by atoms with E-state index >= 15 is 0 Å². The van der Waals surface area contributed by atoms with Crippen molar-refractivity contribution in [2.24, 2.45) is 5.92 Å². The van der Waals surface area contributed by atoms with Crippen LogP contribution in [0.25, 0.3) is 10.2 Å². The van der Waals surface area contributed by atoms with Crippen LogP contribution < -0.4 is 4.90 Å². The van der Waals surface area contributed by atoms with Crippen molar-refractivity contribution >= 4 is 33.3 Å². The molecule has 0 saturated carbocycles. The number of aromatic nitrogens is 2. The van der Waals surface area contributed by atoms with Crippen molar-refractivity contribution in [3.8, 4) is 0 Å². The van der Waals surface area contributed by atoms with Crippen molar-refractivity contribution in [1.29, 1.82) is 0 Å². The number of carbonyl (C=O) groups is 1. The molecule has 0 bridgehead atoms. The molecule has 1 saturated heterocycles. The van der Waals surface area contributed by atoms with Gasteiger partial charge in [0.15, 0.2) is 0 Å². The van der Waals surface area contributed by atoms with E-state index in [2.05, 4.69) is 4.90 Å². The fourth-order valence-electron chi connectivity index (χ4n) is 4.00. The van der Waals surface area contributed by atoms with Gasteiger partial charge in [0, 0.05) is 18.0 Å². The molecule has 0 radical (unpaired) electrons. The minimum atomic E-state index is -0.103. The zero-order valence-electron chi connectivity index (χ0n) is 14.3. The topological polar surface area (TPSA) is 55.3 Å². The maximum Gasteiger partial charge on any atom is 0.310 e. The van der Waals surface area contributed by atoms with Gasteiger partial charge in [-0.1, -0.05) is 0 Å². The molecule has 2 aromatic heterocycles. The van der Waals surface area contributed by atoms with Crippen LogP contribution >= 0.6 is 11.3 Å². The monoisotopic (exact) mass is 345 g/mol. The SMILES string of the molecule is COC(=O)[C@H]1CCCN(c2nc(C)nc3sc4c(c23)CCCC4)C1. The normalized spacial score (nSPS) is 20.9. The predicted octanol–water partition coefficient (Wildman–Crippen LogP) is 3.27. The standard InChI is InChI=1S/C18H23N3O2S/c1-11-19-16(21-9-5-6-12(10-21)18(22)23-2)15-13-7-3-4-8-14(13)24-17(15)20-11/h12H,3-10H2,1-2H3/t12-/m0/s1. The van der Waals surface area contributed by atoms with Gasteiger partial charge in [-0.15, -0.1) is 11.3 Å². The summed E-state index contributed by atoms with van der Waals surface area (Å²) in [4.78, 5) is 26.3. The van der Waals surface area contributed by atoms with E-state index in [1.807, 2.05) is 18.3 Å². The Balaban J connectivity index is 1.78. The second kappa shape index (κ2) is 6.31. The van der Waals surface area contributed by atoms with Gasteiger partial charge in [0.05, 0.1) is 18.4 Å². The zero-order chi connectivity index (χ0) is 16.7. The number of piperidine rings is 1.